The maximum atomic E-state index is 13.0. The van der Waals surface area contributed by atoms with Crippen molar-refractivity contribution in [3.05, 3.63) is 80.7 Å². The van der Waals surface area contributed by atoms with Crippen molar-refractivity contribution in [3.8, 4) is 0 Å². The van der Waals surface area contributed by atoms with E-state index in [1.54, 1.807) is 24.3 Å². The average molecular weight is 588 g/mol. The molecule has 5 rings (SSSR count). The van der Waals surface area contributed by atoms with E-state index in [1.807, 2.05) is 36.4 Å². The van der Waals surface area contributed by atoms with Crippen molar-refractivity contribution in [2.45, 2.75) is 0 Å². The van der Waals surface area contributed by atoms with Crippen LogP contribution in [0.25, 0.3) is 20.4 Å². The normalized spacial score (nSPS) is 11.1. The summed E-state index contributed by atoms with van der Waals surface area (Å²) in [6.07, 6.45) is 0. The summed E-state index contributed by atoms with van der Waals surface area (Å²) in [6, 6.07) is 18.1. The molecule has 0 aliphatic rings. The average Bonchev–Trinajstić information content (AvgIpc) is 3.35. The Morgan fingerprint density at radius 2 is 1.12 bits per heavy atom. The highest BCUT2D eigenvalue weighted by Crippen LogP contribution is 2.30. The van der Waals surface area contributed by atoms with E-state index >= 15 is 0 Å². The zero-order valence-corrected chi connectivity index (χ0v) is 20.9. The van der Waals surface area contributed by atoms with Crippen LogP contribution in [0.15, 0.2) is 69.6 Å². The molecule has 0 fully saturated rings. The third kappa shape index (κ3) is 4.31. The van der Waals surface area contributed by atoms with Crippen molar-refractivity contribution < 1.29 is 9.59 Å². The van der Waals surface area contributed by atoms with Crippen molar-refractivity contribution in [2.24, 2.45) is 0 Å². The molecule has 32 heavy (non-hydrogen) atoms. The monoisotopic (exact) mass is 586 g/mol. The van der Waals surface area contributed by atoms with Crippen LogP contribution >= 0.6 is 54.5 Å². The van der Waals surface area contributed by atoms with Crippen LogP contribution in [0.4, 0.5) is 10.3 Å². The second kappa shape index (κ2) is 8.70. The lowest BCUT2D eigenvalue weighted by Gasteiger charge is -2.08. The zero-order valence-electron chi connectivity index (χ0n) is 16.1. The number of aromatic nitrogens is 2. The number of thiazole rings is 2. The first-order valence-corrected chi connectivity index (χ1v) is 12.5. The van der Waals surface area contributed by atoms with Gasteiger partial charge < -0.3 is 0 Å². The predicted octanol–water partition coefficient (Wildman–Crippen LogP) is 6.94. The number of carbonyl (C=O) groups excluding carboxylic acids is 2. The van der Waals surface area contributed by atoms with Crippen LogP contribution in [-0.4, -0.2) is 21.8 Å². The molecular formula is C22H12Br2N4O2S2. The van der Waals surface area contributed by atoms with Gasteiger partial charge in [-0.2, -0.15) is 0 Å². The standard InChI is InChI=1S/C22H12Br2N4O2S2/c23-11-5-7-15-17(9-11)31-21(25-15)27-19(29)13-3-1-2-4-14(13)20(30)28-22-26-16-8-6-12(24)10-18(16)32-22/h1-10H,(H,25,27,29)(H,26,28,30). The van der Waals surface area contributed by atoms with Crippen LogP contribution in [0.5, 0.6) is 0 Å². The molecule has 0 aliphatic heterocycles. The van der Waals surface area contributed by atoms with Gasteiger partial charge in [-0.1, -0.05) is 66.7 Å². The molecule has 2 heterocycles. The fraction of sp³-hybridized carbons (Fsp3) is 0. The number of carbonyl (C=O) groups is 2. The smallest absolute Gasteiger partial charge is 0.258 e. The molecule has 0 saturated heterocycles. The third-order valence-corrected chi connectivity index (χ3v) is 7.41. The minimum absolute atomic E-state index is 0.259. The molecule has 0 atom stereocenters. The number of rotatable bonds is 4. The molecule has 6 nitrogen and oxygen atoms in total. The van der Waals surface area contributed by atoms with Gasteiger partial charge in [0.2, 0.25) is 0 Å². The van der Waals surface area contributed by atoms with Crippen molar-refractivity contribution in [3.63, 3.8) is 0 Å². The van der Waals surface area contributed by atoms with Gasteiger partial charge in [0.25, 0.3) is 11.8 Å². The maximum Gasteiger partial charge on any atom is 0.258 e. The number of nitrogens with one attached hydrogen (secondary N) is 2. The van der Waals surface area contributed by atoms with E-state index in [-0.39, 0.29) is 11.1 Å². The van der Waals surface area contributed by atoms with Crippen LogP contribution in [0, 0.1) is 0 Å². The molecule has 5 aromatic rings. The molecule has 2 N–H and O–H groups in total. The Balaban J connectivity index is 1.39. The number of anilines is 2. The van der Waals surface area contributed by atoms with E-state index in [0.29, 0.717) is 10.3 Å². The summed E-state index contributed by atoms with van der Waals surface area (Å²) in [6.45, 7) is 0. The quantitative estimate of drug-likeness (QED) is 0.239. The maximum absolute atomic E-state index is 13.0. The summed E-state index contributed by atoms with van der Waals surface area (Å²) < 4.78 is 3.78. The van der Waals surface area contributed by atoms with E-state index in [0.717, 1.165) is 29.4 Å². The molecule has 2 amide bonds. The Bertz CT molecular complexity index is 1400. The van der Waals surface area contributed by atoms with Gasteiger partial charge in [0.1, 0.15) is 0 Å². The molecule has 0 radical (unpaired) electrons. The van der Waals surface area contributed by atoms with Gasteiger partial charge in [-0.25, -0.2) is 9.97 Å². The largest absolute Gasteiger partial charge is 0.298 e. The Hall–Kier alpha value is -2.66. The lowest BCUT2D eigenvalue weighted by molar-refractivity contribution is 0.0990. The molecular weight excluding hydrogens is 576 g/mol. The SMILES string of the molecule is O=C(Nc1nc2ccc(Br)cc2s1)c1ccccc1C(=O)Nc1nc2ccc(Br)cc2s1. The first-order chi connectivity index (χ1) is 15.5. The third-order valence-electron chi connectivity index (χ3n) is 4.56. The van der Waals surface area contributed by atoms with Gasteiger partial charge in [0.15, 0.2) is 10.3 Å². The fourth-order valence-electron chi connectivity index (χ4n) is 3.11. The number of hydrogen-bond acceptors (Lipinski definition) is 6. The summed E-state index contributed by atoms with van der Waals surface area (Å²) in [4.78, 5) is 34.8. The topological polar surface area (TPSA) is 84.0 Å². The Morgan fingerprint density at radius 1 is 0.688 bits per heavy atom. The number of amides is 2. The van der Waals surface area contributed by atoms with Gasteiger partial charge >= 0.3 is 0 Å². The molecule has 0 bridgehead atoms. The summed E-state index contributed by atoms with van der Waals surface area (Å²) in [5.74, 6) is -0.802. The van der Waals surface area contributed by atoms with Gasteiger partial charge in [-0.3, -0.25) is 20.2 Å². The molecule has 3 aromatic carbocycles. The van der Waals surface area contributed by atoms with Gasteiger partial charge in [0, 0.05) is 8.95 Å². The highest BCUT2D eigenvalue weighted by molar-refractivity contribution is 9.10. The Labute approximate surface area is 207 Å². The second-order valence-corrected chi connectivity index (χ2v) is 10.6. The van der Waals surface area contributed by atoms with Crippen LogP contribution in [0.1, 0.15) is 20.7 Å². The number of nitrogens with zero attached hydrogens (tertiary/aromatic N) is 2. The fourth-order valence-corrected chi connectivity index (χ4v) is 5.94. The molecule has 0 saturated carbocycles. The van der Waals surface area contributed by atoms with Gasteiger partial charge in [-0.05, 0) is 48.5 Å². The number of fused-ring (bicyclic) bond motifs is 2. The molecule has 2 aromatic heterocycles. The van der Waals surface area contributed by atoms with Crippen molar-refractivity contribution >= 4 is 97.0 Å². The summed E-state index contributed by atoms with van der Waals surface area (Å²) >= 11 is 9.61. The van der Waals surface area contributed by atoms with Crippen LogP contribution < -0.4 is 10.6 Å². The highest BCUT2D eigenvalue weighted by Gasteiger charge is 2.19. The van der Waals surface area contributed by atoms with Crippen molar-refractivity contribution in [1.82, 2.24) is 9.97 Å². The lowest BCUT2D eigenvalue weighted by Crippen LogP contribution is -2.20. The highest BCUT2D eigenvalue weighted by atomic mass is 79.9. The zero-order chi connectivity index (χ0) is 22.2. The van der Waals surface area contributed by atoms with Crippen LogP contribution in [0.3, 0.4) is 0 Å². The molecule has 0 spiro atoms. The van der Waals surface area contributed by atoms with Crippen molar-refractivity contribution in [2.75, 3.05) is 10.6 Å². The van der Waals surface area contributed by atoms with Gasteiger partial charge in [0.05, 0.1) is 31.6 Å². The number of benzene rings is 3. The predicted molar refractivity (Wildman–Crippen MR) is 137 cm³/mol. The molecule has 0 unspecified atom stereocenters. The lowest BCUT2D eigenvalue weighted by atomic mass is 10.1. The van der Waals surface area contributed by atoms with E-state index in [1.165, 1.54) is 22.7 Å². The minimum atomic E-state index is -0.401. The van der Waals surface area contributed by atoms with Crippen LogP contribution in [-0.2, 0) is 0 Å². The van der Waals surface area contributed by atoms with E-state index < -0.39 is 11.8 Å². The van der Waals surface area contributed by atoms with Crippen molar-refractivity contribution in [1.29, 1.82) is 0 Å². The first-order valence-electron chi connectivity index (χ1n) is 9.30. The van der Waals surface area contributed by atoms with Crippen LogP contribution in [0.2, 0.25) is 0 Å². The summed E-state index contributed by atoms with van der Waals surface area (Å²) in [7, 11) is 0. The number of halogens is 2. The number of hydrogen-bond donors (Lipinski definition) is 2. The summed E-state index contributed by atoms with van der Waals surface area (Å²) in [5, 5.41) is 6.55. The van der Waals surface area contributed by atoms with Gasteiger partial charge in [-0.15, -0.1) is 0 Å². The second-order valence-electron chi connectivity index (χ2n) is 6.72. The van der Waals surface area contributed by atoms with E-state index in [2.05, 4.69) is 52.5 Å². The Morgan fingerprint density at radius 3 is 1.56 bits per heavy atom. The molecule has 158 valence electrons. The van der Waals surface area contributed by atoms with E-state index in [4.69, 9.17) is 0 Å². The minimum Gasteiger partial charge on any atom is -0.298 e. The molecule has 10 heteroatoms. The summed E-state index contributed by atoms with van der Waals surface area (Å²) in [5.41, 5.74) is 2.10. The molecule has 0 aliphatic carbocycles. The first kappa shape index (κ1) is 21.2. The van der Waals surface area contributed by atoms with E-state index in [9.17, 15) is 9.59 Å². The Kier molecular flexibility index (Phi) is 5.76.